The van der Waals surface area contributed by atoms with Crippen molar-refractivity contribution in [3.05, 3.63) is 53.0 Å². The Labute approximate surface area is 120 Å². The van der Waals surface area contributed by atoms with Crippen molar-refractivity contribution in [2.24, 2.45) is 0 Å². The number of nitrogens with zero attached hydrogens (tertiary/aromatic N) is 2. The van der Waals surface area contributed by atoms with Crippen molar-refractivity contribution < 1.29 is 8.42 Å². The van der Waals surface area contributed by atoms with Crippen molar-refractivity contribution in [3.63, 3.8) is 0 Å². The van der Waals surface area contributed by atoms with Crippen LogP contribution < -0.4 is 4.72 Å². The lowest BCUT2D eigenvalue weighted by atomic mass is 10.2. The highest BCUT2D eigenvalue weighted by Crippen LogP contribution is 2.12. The normalized spacial score (nSPS) is 11.2. The molecule has 0 aliphatic carbocycles. The van der Waals surface area contributed by atoms with Crippen molar-refractivity contribution in [1.82, 2.24) is 9.97 Å². The van der Waals surface area contributed by atoms with Crippen LogP contribution in [0.25, 0.3) is 0 Å². The lowest BCUT2D eigenvalue weighted by molar-refractivity contribution is 0.600. The minimum atomic E-state index is -3.37. The molecule has 0 saturated heterocycles. The molecular weight excluding hydrogens is 330 g/mol. The van der Waals surface area contributed by atoms with E-state index in [0.717, 1.165) is 5.56 Å². The third-order valence-corrected chi connectivity index (χ3v) is 4.17. The molecule has 0 aromatic carbocycles. The fourth-order valence-electron chi connectivity index (χ4n) is 1.47. The number of aryl methyl sites for hydroxylation is 1. The molecule has 0 fully saturated rings. The summed E-state index contributed by atoms with van der Waals surface area (Å²) in [6.07, 6.45) is 5.21. The molecule has 19 heavy (non-hydrogen) atoms. The molecule has 100 valence electrons. The van der Waals surface area contributed by atoms with Crippen LogP contribution in [0.1, 0.15) is 5.56 Å². The number of sulfonamides is 1. The Morgan fingerprint density at radius 1 is 1.16 bits per heavy atom. The highest BCUT2D eigenvalue weighted by Gasteiger charge is 2.10. The molecular formula is C12H12BrN3O2S. The first-order valence-corrected chi connectivity index (χ1v) is 8.01. The van der Waals surface area contributed by atoms with Crippen LogP contribution in [0.2, 0.25) is 0 Å². The summed E-state index contributed by atoms with van der Waals surface area (Å²) in [5.41, 5.74) is 1.40. The zero-order valence-corrected chi connectivity index (χ0v) is 12.4. The van der Waals surface area contributed by atoms with Gasteiger partial charge in [-0.05, 0) is 52.2 Å². The van der Waals surface area contributed by atoms with Gasteiger partial charge in [0.1, 0.15) is 4.60 Å². The highest BCUT2D eigenvalue weighted by atomic mass is 79.9. The van der Waals surface area contributed by atoms with Gasteiger partial charge in [0.2, 0.25) is 10.0 Å². The van der Waals surface area contributed by atoms with Gasteiger partial charge in [-0.1, -0.05) is 0 Å². The standard InChI is InChI=1S/C12H12BrN3O2S/c13-12-2-1-11(9-15-12)16-19(17,18)8-5-10-3-6-14-7-4-10/h1-4,6-7,9,16H,5,8H2. The van der Waals surface area contributed by atoms with Crippen LogP contribution >= 0.6 is 15.9 Å². The summed E-state index contributed by atoms with van der Waals surface area (Å²) < 4.78 is 26.9. The maximum absolute atomic E-state index is 11.9. The molecule has 0 bridgehead atoms. The Bertz CT molecular complexity index is 630. The largest absolute Gasteiger partial charge is 0.282 e. The monoisotopic (exact) mass is 341 g/mol. The number of hydrogen-bond donors (Lipinski definition) is 1. The van der Waals surface area contributed by atoms with Crippen LogP contribution in [0.5, 0.6) is 0 Å². The van der Waals surface area contributed by atoms with Gasteiger partial charge in [-0.3, -0.25) is 9.71 Å². The summed E-state index contributed by atoms with van der Waals surface area (Å²) in [7, 11) is -3.37. The number of aromatic nitrogens is 2. The predicted molar refractivity (Wildman–Crippen MR) is 77.3 cm³/mol. The molecule has 0 aliphatic rings. The average Bonchev–Trinajstić information content (AvgIpc) is 2.40. The van der Waals surface area contributed by atoms with Crippen molar-refractivity contribution in [1.29, 1.82) is 0 Å². The Hall–Kier alpha value is -1.47. The summed E-state index contributed by atoms with van der Waals surface area (Å²) in [6.45, 7) is 0. The summed E-state index contributed by atoms with van der Waals surface area (Å²) >= 11 is 3.19. The number of nitrogens with one attached hydrogen (secondary N) is 1. The minimum Gasteiger partial charge on any atom is -0.282 e. The molecule has 0 spiro atoms. The number of rotatable bonds is 5. The summed E-state index contributed by atoms with van der Waals surface area (Å²) in [5.74, 6) is 0.0209. The van der Waals surface area contributed by atoms with Crippen molar-refractivity contribution in [3.8, 4) is 0 Å². The lowest BCUT2D eigenvalue weighted by Gasteiger charge is -2.07. The number of hydrogen-bond acceptors (Lipinski definition) is 4. The molecule has 0 saturated carbocycles. The summed E-state index contributed by atoms with van der Waals surface area (Å²) in [4.78, 5) is 7.85. The maximum Gasteiger partial charge on any atom is 0.233 e. The Kier molecular flexibility index (Phi) is 4.49. The zero-order valence-electron chi connectivity index (χ0n) is 9.95. The van der Waals surface area contributed by atoms with Crippen molar-refractivity contribution in [2.45, 2.75) is 6.42 Å². The van der Waals surface area contributed by atoms with E-state index >= 15 is 0 Å². The summed E-state index contributed by atoms with van der Waals surface area (Å²) in [5, 5.41) is 0. The third kappa shape index (κ3) is 4.60. The van der Waals surface area contributed by atoms with Gasteiger partial charge < -0.3 is 0 Å². The molecule has 0 unspecified atom stereocenters. The van der Waals surface area contributed by atoms with Crippen molar-refractivity contribution in [2.75, 3.05) is 10.5 Å². The van der Waals surface area contributed by atoms with Gasteiger partial charge in [0.25, 0.3) is 0 Å². The molecule has 0 amide bonds. The van der Waals surface area contributed by atoms with E-state index in [1.165, 1.54) is 6.20 Å². The van der Waals surface area contributed by atoms with Crippen LogP contribution in [0.4, 0.5) is 5.69 Å². The molecule has 2 aromatic heterocycles. The van der Waals surface area contributed by atoms with E-state index in [9.17, 15) is 8.42 Å². The number of anilines is 1. The van der Waals surface area contributed by atoms with Gasteiger partial charge in [-0.15, -0.1) is 0 Å². The van der Waals surface area contributed by atoms with Crippen LogP contribution in [-0.4, -0.2) is 24.1 Å². The maximum atomic E-state index is 11.9. The van der Waals surface area contributed by atoms with Gasteiger partial charge in [-0.2, -0.15) is 0 Å². The first kappa shape index (κ1) is 14.0. The molecule has 0 radical (unpaired) electrons. The van der Waals surface area contributed by atoms with E-state index in [1.54, 1.807) is 36.7 Å². The average molecular weight is 342 g/mol. The fraction of sp³-hybridized carbons (Fsp3) is 0.167. The summed E-state index contributed by atoms with van der Waals surface area (Å²) in [6, 6.07) is 6.94. The second kappa shape index (κ2) is 6.12. The quantitative estimate of drug-likeness (QED) is 0.846. The van der Waals surface area contributed by atoms with E-state index in [2.05, 4.69) is 30.6 Å². The first-order chi connectivity index (χ1) is 9.05. The van der Waals surface area contributed by atoms with Gasteiger partial charge in [0.15, 0.2) is 0 Å². The van der Waals surface area contributed by atoms with E-state index in [0.29, 0.717) is 16.7 Å². The first-order valence-electron chi connectivity index (χ1n) is 5.56. The number of halogens is 1. The molecule has 2 heterocycles. The SMILES string of the molecule is O=S(=O)(CCc1ccncc1)Nc1ccc(Br)nc1. The van der Waals surface area contributed by atoms with E-state index < -0.39 is 10.0 Å². The van der Waals surface area contributed by atoms with E-state index in [1.807, 2.05) is 0 Å². The van der Waals surface area contributed by atoms with Gasteiger partial charge in [-0.25, -0.2) is 13.4 Å². The molecule has 1 N–H and O–H groups in total. The Morgan fingerprint density at radius 2 is 1.89 bits per heavy atom. The lowest BCUT2D eigenvalue weighted by Crippen LogP contribution is -2.18. The molecule has 2 aromatic rings. The molecule has 0 aliphatic heterocycles. The van der Waals surface area contributed by atoms with Gasteiger partial charge >= 0.3 is 0 Å². The fourth-order valence-corrected chi connectivity index (χ4v) is 2.79. The molecule has 2 rings (SSSR count). The third-order valence-electron chi connectivity index (χ3n) is 2.41. The molecule has 7 heteroatoms. The van der Waals surface area contributed by atoms with E-state index in [4.69, 9.17) is 0 Å². The molecule has 0 atom stereocenters. The van der Waals surface area contributed by atoms with Crippen LogP contribution in [0.3, 0.4) is 0 Å². The van der Waals surface area contributed by atoms with Crippen LogP contribution in [0, 0.1) is 0 Å². The second-order valence-corrected chi connectivity index (χ2v) is 6.55. The Morgan fingerprint density at radius 3 is 2.53 bits per heavy atom. The Balaban J connectivity index is 1.97. The van der Waals surface area contributed by atoms with Crippen molar-refractivity contribution >= 4 is 31.6 Å². The molecule has 5 nitrogen and oxygen atoms in total. The second-order valence-electron chi connectivity index (χ2n) is 3.90. The van der Waals surface area contributed by atoms with Crippen LogP contribution in [0.15, 0.2) is 47.5 Å². The predicted octanol–water partition coefficient (Wildman–Crippen LogP) is 2.22. The van der Waals surface area contributed by atoms with E-state index in [-0.39, 0.29) is 5.75 Å². The smallest absolute Gasteiger partial charge is 0.233 e. The number of pyridine rings is 2. The zero-order chi connectivity index (χ0) is 13.7. The van der Waals surface area contributed by atoms with Gasteiger partial charge in [0, 0.05) is 12.4 Å². The minimum absolute atomic E-state index is 0.0209. The highest BCUT2D eigenvalue weighted by molar-refractivity contribution is 9.10. The van der Waals surface area contributed by atoms with Crippen LogP contribution in [-0.2, 0) is 16.4 Å². The topological polar surface area (TPSA) is 72.0 Å². The van der Waals surface area contributed by atoms with Gasteiger partial charge in [0.05, 0.1) is 17.6 Å².